The third kappa shape index (κ3) is 1.44. The number of carbonyl (C=O) groups excluding carboxylic acids is 1. The van der Waals surface area contributed by atoms with E-state index >= 15 is 0 Å². The van der Waals surface area contributed by atoms with E-state index in [9.17, 15) is 9.90 Å². The molecule has 0 aromatic rings. The second-order valence-electron chi connectivity index (χ2n) is 4.15. The highest BCUT2D eigenvalue weighted by Gasteiger charge is 2.31. The maximum Gasteiger partial charge on any atom is 0.146 e. The normalized spacial score (nSPS) is 28.8. The zero-order chi connectivity index (χ0) is 9.35. The van der Waals surface area contributed by atoms with E-state index in [0.29, 0.717) is 0 Å². The minimum atomic E-state index is -0.404. The van der Waals surface area contributed by atoms with Gasteiger partial charge in [0.05, 0.1) is 6.10 Å². The molecule has 0 bridgehead atoms. The van der Waals surface area contributed by atoms with Gasteiger partial charge in [-0.15, -0.1) is 0 Å². The molecule has 0 saturated carbocycles. The van der Waals surface area contributed by atoms with Crippen LogP contribution in [0.2, 0.25) is 0 Å². The van der Waals surface area contributed by atoms with Gasteiger partial charge in [-0.2, -0.15) is 0 Å². The predicted octanol–water partition coefficient (Wildman–Crippen LogP) is 1.68. The van der Waals surface area contributed by atoms with Crippen LogP contribution in [-0.2, 0) is 4.79 Å². The maximum atomic E-state index is 10.8. The Kier molecular flexibility index (Phi) is 2.38. The fraction of sp³-hybridized carbons (Fsp3) is 0.700. The van der Waals surface area contributed by atoms with E-state index in [2.05, 4.69) is 0 Å². The van der Waals surface area contributed by atoms with E-state index in [1.165, 1.54) is 0 Å². The summed E-state index contributed by atoms with van der Waals surface area (Å²) in [6.07, 6.45) is 2.14. The summed E-state index contributed by atoms with van der Waals surface area (Å²) in [6, 6.07) is 0. The molecule has 0 radical (unpaired) electrons. The lowest BCUT2D eigenvalue weighted by Gasteiger charge is -2.33. The number of allylic oxidation sites excluding steroid dienone is 1. The molecule has 2 nitrogen and oxygen atoms in total. The molecule has 0 saturated heterocycles. The van der Waals surface area contributed by atoms with Crippen molar-refractivity contribution in [3.8, 4) is 0 Å². The van der Waals surface area contributed by atoms with Crippen molar-refractivity contribution in [1.29, 1.82) is 0 Å². The van der Waals surface area contributed by atoms with Crippen LogP contribution in [0.15, 0.2) is 11.1 Å². The molecule has 0 fully saturated rings. The average Bonchev–Trinajstić information content (AvgIpc) is 1.99. The molecule has 1 aliphatic carbocycles. The Bertz CT molecular complexity index is 226. The van der Waals surface area contributed by atoms with Gasteiger partial charge >= 0.3 is 0 Å². The molecule has 0 spiro atoms. The van der Waals surface area contributed by atoms with Crippen LogP contribution in [0.5, 0.6) is 0 Å². The molecule has 0 aromatic heterocycles. The molecular weight excluding hydrogens is 152 g/mol. The molecule has 0 aromatic carbocycles. The zero-order valence-corrected chi connectivity index (χ0v) is 7.92. The first-order chi connectivity index (χ1) is 5.49. The first-order valence-electron chi connectivity index (χ1n) is 4.33. The number of carbonyl (C=O) groups is 1. The van der Waals surface area contributed by atoms with Crippen LogP contribution in [0.1, 0.15) is 33.6 Å². The summed E-state index contributed by atoms with van der Waals surface area (Å²) in [7, 11) is 0. The number of aliphatic hydroxyl groups excluding tert-OH is 1. The standard InChI is InChI=1S/C10H16O2/c1-7-8(6-11)10(2,3)5-4-9(7)12/h6,9,12H,4-5H2,1-3H3. The van der Waals surface area contributed by atoms with Gasteiger partial charge in [-0.3, -0.25) is 4.79 Å². The second kappa shape index (κ2) is 3.02. The van der Waals surface area contributed by atoms with Crippen molar-refractivity contribution in [3.63, 3.8) is 0 Å². The largest absolute Gasteiger partial charge is 0.389 e. The molecule has 1 rings (SSSR count). The minimum Gasteiger partial charge on any atom is -0.389 e. The second-order valence-corrected chi connectivity index (χ2v) is 4.15. The lowest BCUT2D eigenvalue weighted by atomic mass is 9.72. The van der Waals surface area contributed by atoms with Gasteiger partial charge in [0.15, 0.2) is 0 Å². The molecule has 0 aliphatic heterocycles. The van der Waals surface area contributed by atoms with Gasteiger partial charge in [-0.05, 0) is 36.3 Å². The van der Waals surface area contributed by atoms with Crippen LogP contribution in [0.4, 0.5) is 0 Å². The van der Waals surface area contributed by atoms with Crippen LogP contribution in [0.3, 0.4) is 0 Å². The summed E-state index contributed by atoms with van der Waals surface area (Å²) in [6.45, 7) is 5.94. The quantitative estimate of drug-likeness (QED) is 0.605. The fourth-order valence-corrected chi connectivity index (χ4v) is 1.81. The predicted molar refractivity (Wildman–Crippen MR) is 47.8 cm³/mol. The van der Waals surface area contributed by atoms with Gasteiger partial charge in [0.1, 0.15) is 6.29 Å². The summed E-state index contributed by atoms with van der Waals surface area (Å²) in [5.41, 5.74) is 1.58. The van der Waals surface area contributed by atoms with Crippen molar-refractivity contribution in [1.82, 2.24) is 0 Å². The molecule has 0 heterocycles. The van der Waals surface area contributed by atoms with E-state index in [0.717, 1.165) is 30.3 Å². The van der Waals surface area contributed by atoms with E-state index < -0.39 is 6.10 Å². The van der Waals surface area contributed by atoms with Gasteiger partial charge < -0.3 is 5.11 Å². The summed E-state index contributed by atoms with van der Waals surface area (Å²) in [5, 5.41) is 9.49. The molecular formula is C10H16O2. The first-order valence-corrected chi connectivity index (χ1v) is 4.33. The molecule has 2 heteroatoms. The van der Waals surface area contributed by atoms with Crippen LogP contribution in [0.25, 0.3) is 0 Å². The Morgan fingerprint density at radius 2 is 2.17 bits per heavy atom. The lowest BCUT2D eigenvalue weighted by Crippen LogP contribution is -2.28. The fourth-order valence-electron chi connectivity index (χ4n) is 1.81. The highest BCUT2D eigenvalue weighted by molar-refractivity contribution is 5.77. The summed E-state index contributed by atoms with van der Waals surface area (Å²) < 4.78 is 0. The molecule has 12 heavy (non-hydrogen) atoms. The SMILES string of the molecule is CC1=C(C=O)C(C)(C)CCC1O. The van der Waals surface area contributed by atoms with E-state index in [-0.39, 0.29) is 5.41 Å². The third-order valence-electron chi connectivity index (χ3n) is 2.81. The molecule has 0 amide bonds. The van der Waals surface area contributed by atoms with Crippen molar-refractivity contribution >= 4 is 6.29 Å². The summed E-state index contributed by atoms with van der Waals surface area (Å²) in [4.78, 5) is 10.8. The smallest absolute Gasteiger partial charge is 0.146 e. The van der Waals surface area contributed by atoms with Gasteiger partial charge in [0.25, 0.3) is 0 Å². The monoisotopic (exact) mass is 168 g/mol. The first kappa shape index (κ1) is 9.46. The Labute approximate surface area is 73.3 Å². The Balaban J connectivity index is 3.09. The molecule has 1 unspecified atom stereocenters. The van der Waals surface area contributed by atoms with E-state index in [4.69, 9.17) is 0 Å². The Hall–Kier alpha value is -0.630. The third-order valence-corrected chi connectivity index (χ3v) is 2.81. The lowest BCUT2D eigenvalue weighted by molar-refractivity contribution is -0.106. The molecule has 1 N–H and O–H groups in total. The van der Waals surface area contributed by atoms with Crippen LogP contribution >= 0.6 is 0 Å². The number of hydrogen-bond donors (Lipinski definition) is 1. The number of hydrogen-bond acceptors (Lipinski definition) is 2. The maximum absolute atomic E-state index is 10.8. The summed E-state index contributed by atoms with van der Waals surface area (Å²) >= 11 is 0. The van der Waals surface area contributed by atoms with Crippen molar-refractivity contribution < 1.29 is 9.90 Å². The van der Waals surface area contributed by atoms with E-state index in [1.807, 2.05) is 20.8 Å². The van der Waals surface area contributed by atoms with Crippen molar-refractivity contribution in [2.75, 3.05) is 0 Å². The number of rotatable bonds is 1. The van der Waals surface area contributed by atoms with Crippen molar-refractivity contribution in [3.05, 3.63) is 11.1 Å². The van der Waals surface area contributed by atoms with Crippen LogP contribution in [-0.4, -0.2) is 17.5 Å². The highest BCUT2D eigenvalue weighted by atomic mass is 16.3. The van der Waals surface area contributed by atoms with Crippen molar-refractivity contribution in [2.24, 2.45) is 5.41 Å². The Morgan fingerprint density at radius 3 is 2.58 bits per heavy atom. The number of aliphatic hydroxyl groups is 1. The van der Waals surface area contributed by atoms with Gasteiger partial charge in [0.2, 0.25) is 0 Å². The Morgan fingerprint density at radius 1 is 1.58 bits per heavy atom. The van der Waals surface area contributed by atoms with Crippen LogP contribution in [0, 0.1) is 5.41 Å². The molecule has 68 valence electrons. The van der Waals surface area contributed by atoms with Crippen LogP contribution < -0.4 is 0 Å². The van der Waals surface area contributed by atoms with Crippen molar-refractivity contribution in [2.45, 2.75) is 39.7 Å². The van der Waals surface area contributed by atoms with Gasteiger partial charge in [-0.1, -0.05) is 13.8 Å². The average molecular weight is 168 g/mol. The number of aldehydes is 1. The highest BCUT2D eigenvalue weighted by Crippen LogP contribution is 2.38. The van der Waals surface area contributed by atoms with E-state index in [1.54, 1.807) is 0 Å². The van der Waals surface area contributed by atoms with Gasteiger partial charge in [0, 0.05) is 0 Å². The minimum absolute atomic E-state index is 0.0505. The topological polar surface area (TPSA) is 37.3 Å². The molecule has 1 atom stereocenters. The summed E-state index contributed by atoms with van der Waals surface area (Å²) in [5.74, 6) is 0. The zero-order valence-electron chi connectivity index (χ0n) is 7.92. The van der Waals surface area contributed by atoms with Gasteiger partial charge in [-0.25, -0.2) is 0 Å². The molecule has 1 aliphatic rings.